The Balaban J connectivity index is 2.39. The maximum absolute atomic E-state index is 10.6. The molecule has 0 fully saturated rings. The van der Waals surface area contributed by atoms with Gasteiger partial charge in [-0.15, -0.1) is 11.8 Å². The van der Waals surface area contributed by atoms with Crippen molar-refractivity contribution in [3.63, 3.8) is 0 Å². The number of primary amides is 1. The van der Waals surface area contributed by atoms with Crippen LogP contribution in [0.2, 0.25) is 0 Å². The lowest BCUT2D eigenvalue weighted by Crippen LogP contribution is -2.27. The third-order valence-electron chi connectivity index (χ3n) is 1.35. The standard InChI is InChI=1S/C8H10N2OS2/c9-8(11)10(12)6-13-7-4-2-1-3-5-7/h1-5,12H,6H2,(H2,9,11). The number of amides is 2. The number of urea groups is 1. The summed E-state index contributed by atoms with van der Waals surface area (Å²) >= 11 is 5.40. The van der Waals surface area contributed by atoms with E-state index in [2.05, 4.69) is 12.8 Å². The van der Waals surface area contributed by atoms with Gasteiger partial charge in [-0.05, 0) is 12.1 Å². The van der Waals surface area contributed by atoms with E-state index in [9.17, 15) is 4.79 Å². The zero-order chi connectivity index (χ0) is 9.68. The number of thioether (sulfide) groups is 1. The molecule has 0 aliphatic carbocycles. The second-order valence-corrected chi connectivity index (χ2v) is 3.83. The highest BCUT2D eigenvalue weighted by Crippen LogP contribution is 2.18. The topological polar surface area (TPSA) is 46.3 Å². The summed E-state index contributed by atoms with van der Waals surface area (Å²) in [7, 11) is 0. The molecule has 0 aromatic heterocycles. The Morgan fingerprint density at radius 3 is 2.62 bits per heavy atom. The Morgan fingerprint density at radius 2 is 2.08 bits per heavy atom. The van der Waals surface area contributed by atoms with Crippen molar-refractivity contribution in [2.75, 3.05) is 5.88 Å². The van der Waals surface area contributed by atoms with Gasteiger partial charge in [-0.3, -0.25) is 4.31 Å². The van der Waals surface area contributed by atoms with Crippen LogP contribution >= 0.6 is 24.6 Å². The molecule has 1 rings (SSSR count). The molecular formula is C8H10N2OS2. The minimum absolute atomic E-state index is 0.447. The van der Waals surface area contributed by atoms with Crippen LogP contribution in [-0.4, -0.2) is 16.2 Å². The van der Waals surface area contributed by atoms with Crippen molar-refractivity contribution in [2.45, 2.75) is 4.90 Å². The minimum atomic E-state index is -0.535. The third kappa shape index (κ3) is 3.61. The molecule has 5 heteroatoms. The first kappa shape index (κ1) is 10.3. The van der Waals surface area contributed by atoms with Crippen LogP contribution in [0.15, 0.2) is 35.2 Å². The van der Waals surface area contributed by atoms with Crippen molar-refractivity contribution < 1.29 is 4.79 Å². The van der Waals surface area contributed by atoms with Crippen LogP contribution in [-0.2, 0) is 0 Å². The normalized spacial score (nSPS) is 9.62. The Hall–Kier alpha value is -0.810. The van der Waals surface area contributed by atoms with Crippen LogP contribution in [0.1, 0.15) is 0 Å². The van der Waals surface area contributed by atoms with Gasteiger partial charge >= 0.3 is 6.03 Å². The predicted octanol–water partition coefficient (Wildman–Crippen LogP) is 1.96. The van der Waals surface area contributed by atoms with Gasteiger partial charge in [0.25, 0.3) is 0 Å². The van der Waals surface area contributed by atoms with Gasteiger partial charge in [0, 0.05) is 4.90 Å². The number of nitrogens with zero attached hydrogens (tertiary/aromatic N) is 1. The highest BCUT2D eigenvalue weighted by Gasteiger charge is 2.03. The fourth-order valence-corrected chi connectivity index (χ4v) is 1.64. The quantitative estimate of drug-likeness (QED) is 0.459. The Morgan fingerprint density at radius 1 is 1.46 bits per heavy atom. The molecule has 0 aliphatic rings. The molecule has 70 valence electrons. The number of thiol groups is 1. The van der Waals surface area contributed by atoms with E-state index in [0.29, 0.717) is 5.88 Å². The fourth-order valence-electron chi connectivity index (χ4n) is 0.716. The molecule has 1 aromatic rings. The molecule has 2 N–H and O–H groups in total. The van der Waals surface area contributed by atoms with Gasteiger partial charge in [-0.1, -0.05) is 31.0 Å². The van der Waals surface area contributed by atoms with E-state index in [1.807, 2.05) is 30.3 Å². The van der Waals surface area contributed by atoms with Crippen LogP contribution in [0.3, 0.4) is 0 Å². The molecule has 0 heterocycles. The summed E-state index contributed by atoms with van der Waals surface area (Å²) in [6.45, 7) is 0. The van der Waals surface area contributed by atoms with Crippen molar-refractivity contribution in [1.82, 2.24) is 4.31 Å². The molecule has 0 saturated carbocycles. The van der Waals surface area contributed by atoms with Gasteiger partial charge in [-0.25, -0.2) is 4.79 Å². The lowest BCUT2D eigenvalue weighted by Gasteiger charge is -2.11. The summed E-state index contributed by atoms with van der Waals surface area (Å²) < 4.78 is 1.16. The number of carbonyl (C=O) groups is 1. The van der Waals surface area contributed by atoms with E-state index < -0.39 is 6.03 Å². The van der Waals surface area contributed by atoms with Crippen molar-refractivity contribution in [2.24, 2.45) is 5.73 Å². The highest BCUT2D eigenvalue weighted by atomic mass is 32.2. The minimum Gasteiger partial charge on any atom is -0.351 e. The average molecular weight is 214 g/mol. The summed E-state index contributed by atoms with van der Waals surface area (Å²) in [6.07, 6.45) is 0. The number of carbonyl (C=O) groups excluding carboxylic acids is 1. The van der Waals surface area contributed by atoms with E-state index in [1.165, 1.54) is 11.8 Å². The van der Waals surface area contributed by atoms with Gasteiger partial charge < -0.3 is 5.73 Å². The molecule has 0 saturated heterocycles. The van der Waals surface area contributed by atoms with Gasteiger partial charge in [-0.2, -0.15) is 0 Å². The van der Waals surface area contributed by atoms with E-state index in [0.717, 1.165) is 9.20 Å². The molecule has 13 heavy (non-hydrogen) atoms. The second-order valence-electron chi connectivity index (χ2n) is 2.32. The fraction of sp³-hybridized carbons (Fsp3) is 0.125. The molecule has 0 unspecified atom stereocenters. The highest BCUT2D eigenvalue weighted by molar-refractivity contribution is 7.99. The smallest absolute Gasteiger partial charge is 0.325 e. The molecule has 3 nitrogen and oxygen atoms in total. The molecule has 0 atom stereocenters. The first-order valence-electron chi connectivity index (χ1n) is 3.64. The van der Waals surface area contributed by atoms with Crippen LogP contribution < -0.4 is 5.73 Å². The van der Waals surface area contributed by atoms with Crippen LogP contribution in [0.25, 0.3) is 0 Å². The molecule has 0 radical (unpaired) electrons. The zero-order valence-corrected chi connectivity index (χ0v) is 8.59. The molecule has 0 spiro atoms. The third-order valence-corrected chi connectivity index (χ3v) is 2.87. The van der Waals surface area contributed by atoms with Crippen LogP contribution in [0, 0.1) is 0 Å². The SMILES string of the molecule is NC(=O)N(S)CSc1ccccc1. The monoisotopic (exact) mass is 214 g/mol. The summed E-state index contributed by atoms with van der Waals surface area (Å²) in [5.41, 5.74) is 5.00. The second kappa shape index (κ2) is 5.04. The number of hydrogen-bond acceptors (Lipinski definition) is 3. The molecular weight excluding hydrogens is 204 g/mol. The van der Waals surface area contributed by atoms with Gasteiger partial charge in [0.2, 0.25) is 0 Å². The van der Waals surface area contributed by atoms with Crippen LogP contribution in [0.5, 0.6) is 0 Å². The van der Waals surface area contributed by atoms with E-state index in [-0.39, 0.29) is 0 Å². The molecule has 0 aliphatic heterocycles. The number of rotatable bonds is 3. The summed E-state index contributed by atoms with van der Waals surface area (Å²) in [4.78, 5) is 11.7. The first-order valence-corrected chi connectivity index (χ1v) is 5.02. The van der Waals surface area contributed by atoms with E-state index in [4.69, 9.17) is 5.73 Å². The van der Waals surface area contributed by atoms with Gasteiger partial charge in [0.1, 0.15) is 0 Å². The largest absolute Gasteiger partial charge is 0.351 e. The van der Waals surface area contributed by atoms with Crippen molar-refractivity contribution in [3.05, 3.63) is 30.3 Å². The Labute approximate surface area is 86.8 Å². The summed E-state index contributed by atoms with van der Waals surface area (Å²) in [5, 5.41) is 0. The lowest BCUT2D eigenvalue weighted by atomic mass is 10.4. The average Bonchev–Trinajstić information content (AvgIpc) is 2.15. The molecule has 2 amide bonds. The first-order chi connectivity index (χ1) is 6.20. The maximum atomic E-state index is 10.6. The van der Waals surface area contributed by atoms with Crippen molar-refractivity contribution in [3.8, 4) is 0 Å². The van der Waals surface area contributed by atoms with Gasteiger partial charge in [0.15, 0.2) is 0 Å². The van der Waals surface area contributed by atoms with Crippen molar-refractivity contribution >= 4 is 30.6 Å². The Kier molecular flexibility index (Phi) is 3.98. The van der Waals surface area contributed by atoms with Crippen LogP contribution in [0.4, 0.5) is 4.79 Å². The van der Waals surface area contributed by atoms with Gasteiger partial charge in [0.05, 0.1) is 5.88 Å². The summed E-state index contributed by atoms with van der Waals surface area (Å²) in [6, 6.07) is 9.22. The maximum Gasteiger partial charge on any atom is 0.325 e. The molecule has 1 aromatic carbocycles. The number of nitrogens with two attached hydrogens (primary N) is 1. The Bertz CT molecular complexity index is 279. The lowest BCUT2D eigenvalue weighted by molar-refractivity contribution is 0.239. The van der Waals surface area contributed by atoms with E-state index >= 15 is 0 Å². The number of benzene rings is 1. The van der Waals surface area contributed by atoms with E-state index in [1.54, 1.807) is 0 Å². The number of hydrogen-bond donors (Lipinski definition) is 2. The summed E-state index contributed by atoms with van der Waals surface area (Å²) in [5.74, 6) is 0.447. The van der Waals surface area contributed by atoms with Crippen molar-refractivity contribution in [1.29, 1.82) is 0 Å². The predicted molar refractivity (Wildman–Crippen MR) is 57.6 cm³/mol. The molecule has 0 bridgehead atoms. The zero-order valence-electron chi connectivity index (χ0n) is 6.88.